The third-order valence-corrected chi connectivity index (χ3v) is 3.02. The molecule has 19 heavy (non-hydrogen) atoms. The maximum Gasteiger partial charge on any atom is 0.374 e. The third kappa shape index (κ3) is 2.16. The highest BCUT2D eigenvalue weighted by molar-refractivity contribution is 6.33. The highest BCUT2D eigenvalue weighted by Crippen LogP contribution is 2.35. The maximum absolute atomic E-state index is 10.8. The zero-order chi connectivity index (χ0) is 13.4. The van der Waals surface area contributed by atoms with Crippen LogP contribution < -0.4 is 4.74 Å². The molecule has 0 radical (unpaired) electrons. The molecule has 0 bridgehead atoms. The first-order valence-electron chi connectivity index (χ1n) is 5.38. The SMILES string of the molecule is O=C(O)c1cc(-c2cc3c(cc2Cl)COCO3)no1. The number of hydrogen-bond donors (Lipinski definition) is 1. The van der Waals surface area contributed by atoms with Gasteiger partial charge in [0.25, 0.3) is 0 Å². The number of ether oxygens (including phenoxy) is 2. The minimum absolute atomic E-state index is 0.174. The summed E-state index contributed by atoms with van der Waals surface area (Å²) in [6.07, 6.45) is 0. The number of fused-ring (bicyclic) bond motifs is 1. The lowest BCUT2D eigenvalue weighted by atomic mass is 10.1. The van der Waals surface area contributed by atoms with Gasteiger partial charge in [-0.25, -0.2) is 4.79 Å². The van der Waals surface area contributed by atoms with E-state index in [1.54, 1.807) is 12.1 Å². The van der Waals surface area contributed by atoms with Crippen molar-refractivity contribution in [2.24, 2.45) is 0 Å². The highest BCUT2D eigenvalue weighted by Gasteiger charge is 2.19. The summed E-state index contributed by atoms with van der Waals surface area (Å²) in [5.74, 6) is -0.781. The predicted octanol–water partition coefficient (Wildman–Crippen LogP) is 2.56. The standard InChI is InChI=1S/C12H8ClNO5/c13-8-1-6-4-17-5-18-10(6)2-7(8)9-3-11(12(15)16)19-14-9/h1-3H,4-5H2,(H,15,16). The van der Waals surface area contributed by atoms with Crippen molar-refractivity contribution in [1.82, 2.24) is 5.16 Å². The molecule has 0 atom stereocenters. The third-order valence-electron chi connectivity index (χ3n) is 2.70. The molecule has 1 aromatic heterocycles. The second kappa shape index (κ2) is 4.56. The van der Waals surface area contributed by atoms with Crippen LogP contribution in [-0.4, -0.2) is 23.0 Å². The van der Waals surface area contributed by atoms with Crippen molar-refractivity contribution in [3.05, 3.63) is 34.5 Å². The molecule has 7 heteroatoms. The van der Waals surface area contributed by atoms with Crippen LogP contribution in [0.3, 0.4) is 0 Å². The van der Waals surface area contributed by atoms with Gasteiger partial charge in [-0.05, 0) is 12.1 Å². The Hall–Kier alpha value is -2.05. The van der Waals surface area contributed by atoms with Gasteiger partial charge in [0.2, 0.25) is 5.76 Å². The van der Waals surface area contributed by atoms with Gasteiger partial charge >= 0.3 is 5.97 Å². The number of aromatic nitrogens is 1. The van der Waals surface area contributed by atoms with Crippen LogP contribution in [-0.2, 0) is 11.3 Å². The minimum Gasteiger partial charge on any atom is -0.475 e. The molecule has 6 nitrogen and oxygen atoms in total. The number of carboxylic acid groups (broad SMARTS) is 1. The lowest BCUT2D eigenvalue weighted by Crippen LogP contribution is -2.11. The van der Waals surface area contributed by atoms with Gasteiger partial charge in [0.1, 0.15) is 11.4 Å². The Labute approximate surface area is 112 Å². The molecule has 2 aromatic rings. The lowest BCUT2D eigenvalue weighted by molar-refractivity contribution is -0.0163. The molecule has 1 aliphatic rings. The van der Waals surface area contributed by atoms with E-state index in [2.05, 4.69) is 5.16 Å². The molecule has 0 spiro atoms. The van der Waals surface area contributed by atoms with E-state index >= 15 is 0 Å². The molecule has 0 saturated heterocycles. The Balaban J connectivity index is 2.06. The Morgan fingerprint density at radius 2 is 2.21 bits per heavy atom. The molecule has 0 aliphatic carbocycles. The molecule has 0 fully saturated rings. The van der Waals surface area contributed by atoms with Crippen molar-refractivity contribution in [3.8, 4) is 17.0 Å². The van der Waals surface area contributed by atoms with Gasteiger partial charge in [0.15, 0.2) is 6.79 Å². The van der Waals surface area contributed by atoms with Gasteiger partial charge in [0.05, 0.1) is 11.6 Å². The van der Waals surface area contributed by atoms with E-state index in [0.717, 1.165) is 5.56 Å². The number of carboxylic acids is 1. The summed E-state index contributed by atoms with van der Waals surface area (Å²) >= 11 is 6.14. The quantitative estimate of drug-likeness (QED) is 0.911. The van der Waals surface area contributed by atoms with Crippen LogP contribution in [0.4, 0.5) is 0 Å². The van der Waals surface area contributed by atoms with Gasteiger partial charge < -0.3 is 19.1 Å². The van der Waals surface area contributed by atoms with Gasteiger partial charge in [-0.2, -0.15) is 0 Å². The van der Waals surface area contributed by atoms with Crippen LogP contribution in [0.25, 0.3) is 11.3 Å². The number of rotatable bonds is 2. The number of aromatic carboxylic acids is 1. The minimum atomic E-state index is -1.18. The Morgan fingerprint density at radius 3 is 2.95 bits per heavy atom. The molecule has 0 saturated carbocycles. The van der Waals surface area contributed by atoms with Crippen LogP contribution in [0.1, 0.15) is 16.1 Å². The average Bonchev–Trinajstić information content (AvgIpc) is 2.87. The molecule has 0 unspecified atom stereocenters. The van der Waals surface area contributed by atoms with Gasteiger partial charge in [0, 0.05) is 17.2 Å². The predicted molar refractivity (Wildman–Crippen MR) is 64.2 cm³/mol. The summed E-state index contributed by atoms with van der Waals surface area (Å²) in [6, 6.07) is 4.72. The van der Waals surface area contributed by atoms with Crippen LogP contribution in [0.2, 0.25) is 5.02 Å². The fraction of sp³-hybridized carbons (Fsp3) is 0.167. The Kier molecular flexibility index (Phi) is 2.88. The molecule has 1 aromatic carbocycles. The first-order chi connectivity index (χ1) is 9.15. The van der Waals surface area contributed by atoms with Crippen molar-refractivity contribution in [2.75, 3.05) is 6.79 Å². The number of halogens is 1. The number of nitrogens with zero attached hydrogens (tertiary/aromatic N) is 1. The van der Waals surface area contributed by atoms with Crippen molar-refractivity contribution in [1.29, 1.82) is 0 Å². The normalized spacial score (nSPS) is 13.7. The van der Waals surface area contributed by atoms with Crippen LogP contribution in [0, 0.1) is 0 Å². The molecular formula is C12H8ClNO5. The number of carbonyl (C=O) groups is 1. The molecule has 1 aliphatic heterocycles. The molecular weight excluding hydrogens is 274 g/mol. The van der Waals surface area contributed by atoms with Gasteiger partial charge in [-0.3, -0.25) is 0 Å². The largest absolute Gasteiger partial charge is 0.475 e. The highest BCUT2D eigenvalue weighted by atomic mass is 35.5. The summed E-state index contributed by atoms with van der Waals surface area (Å²) < 4.78 is 15.2. The number of benzene rings is 1. The second-order valence-corrected chi connectivity index (χ2v) is 4.34. The molecule has 2 heterocycles. The summed E-state index contributed by atoms with van der Waals surface area (Å²) in [6.45, 7) is 0.599. The summed E-state index contributed by atoms with van der Waals surface area (Å²) in [7, 11) is 0. The molecule has 0 amide bonds. The van der Waals surface area contributed by atoms with Crippen molar-refractivity contribution < 1.29 is 23.9 Å². The summed E-state index contributed by atoms with van der Waals surface area (Å²) in [5, 5.41) is 12.9. The van der Waals surface area contributed by atoms with Crippen LogP contribution in [0.5, 0.6) is 5.75 Å². The van der Waals surface area contributed by atoms with Crippen LogP contribution in [0.15, 0.2) is 22.7 Å². The first kappa shape index (κ1) is 12.0. The Morgan fingerprint density at radius 1 is 1.37 bits per heavy atom. The summed E-state index contributed by atoms with van der Waals surface area (Å²) in [5.41, 5.74) is 1.74. The number of hydrogen-bond acceptors (Lipinski definition) is 5. The second-order valence-electron chi connectivity index (χ2n) is 3.93. The van der Waals surface area contributed by atoms with Crippen molar-refractivity contribution >= 4 is 17.6 Å². The lowest BCUT2D eigenvalue weighted by Gasteiger charge is -2.18. The average molecular weight is 282 g/mol. The zero-order valence-corrected chi connectivity index (χ0v) is 10.3. The monoisotopic (exact) mass is 281 g/mol. The van der Waals surface area contributed by atoms with E-state index in [1.807, 2.05) is 0 Å². The van der Waals surface area contributed by atoms with E-state index < -0.39 is 5.97 Å². The van der Waals surface area contributed by atoms with Gasteiger partial charge in [-0.15, -0.1) is 0 Å². The smallest absolute Gasteiger partial charge is 0.374 e. The molecule has 98 valence electrons. The van der Waals surface area contributed by atoms with E-state index in [0.29, 0.717) is 28.6 Å². The van der Waals surface area contributed by atoms with E-state index in [9.17, 15) is 4.79 Å². The fourth-order valence-electron chi connectivity index (χ4n) is 1.80. The fourth-order valence-corrected chi connectivity index (χ4v) is 2.08. The van der Waals surface area contributed by atoms with E-state index in [1.165, 1.54) is 6.07 Å². The van der Waals surface area contributed by atoms with Crippen molar-refractivity contribution in [3.63, 3.8) is 0 Å². The maximum atomic E-state index is 10.8. The summed E-state index contributed by atoms with van der Waals surface area (Å²) in [4.78, 5) is 10.8. The zero-order valence-electron chi connectivity index (χ0n) is 9.55. The van der Waals surface area contributed by atoms with E-state index in [-0.39, 0.29) is 12.6 Å². The molecule has 3 rings (SSSR count). The van der Waals surface area contributed by atoms with Gasteiger partial charge in [-0.1, -0.05) is 16.8 Å². The van der Waals surface area contributed by atoms with Crippen molar-refractivity contribution in [2.45, 2.75) is 6.61 Å². The first-order valence-corrected chi connectivity index (χ1v) is 5.76. The molecule has 1 N–H and O–H groups in total. The van der Waals surface area contributed by atoms with Crippen LogP contribution >= 0.6 is 11.6 Å². The topological polar surface area (TPSA) is 81.8 Å². The van der Waals surface area contributed by atoms with E-state index in [4.69, 9.17) is 30.7 Å². The Bertz CT molecular complexity index is 652.